The molecule has 4 unspecified atom stereocenters. The minimum atomic E-state index is -3.49. The molecule has 3 N–H and O–H groups in total. The quantitative estimate of drug-likeness (QED) is 0.415. The summed E-state index contributed by atoms with van der Waals surface area (Å²) in [5, 5.41) is 17.9. The van der Waals surface area contributed by atoms with E-state index in [1.54, 1.807) is 20.8 Å². The molecule has 0 aromatic rings. The van der Waals surface area contributed by atoms with E-state index in [0.29, 0.717) is 6.42 Å². The first-order valence-electron chi connectivity index (χ1n) is 14.0. The number of nitrogens with zero attached hydrogens (tertiary/aromatic N) is 2. The largest absolute Gasteiger partial charge is 0.350 e. The lowest BCUT2D eigenvalue weighted by atomic mass is 9.84. The molecule has 4 amide bonds. The molecule has 5 rings (SSSR count). The number of hydrogen-bond donors (Lipinski definition) is 3. The molecule has 2 heterocycles. The molecule has 0 aromatic heterocycles. The van der Waals surface area contributed by atoms with E-state index in [1.807, 2.05) is 13.8 Å². The lowest BCUT2D eigenvalue weighted by molar-refractivity contribution is -0.147. The number of hydrogen-bond acceptors (Lipinski definition) is 5. The van der Waals surface area contributed by atoms with Crippen LogP contribution in [0.25, 0.3) is 0 Å². The SMILES string of the molecule is CC1(C)C2CN(C(=O)[C@@H](NC(=O)C3(CF)CC3(F)F)C(C)(C)C)C(C(=O)N[C@H](C#N)C[C@@H]3CC4(CC4)NC3=O)C21. The van der Waals surface area contributed by atoms with Crippen LogP contribution in [-0.2, 0) is 19.2 Å². The summed E-state index contributed by atoms with van der Waals surface area (Å²) in [5.41, 5.74) is -3.81. The van der Waals surface area contributed by atoms with Crippen molar-refractivity contribution in [3.05, 3.63) is 0 Å². The number of fused-ring (bicyclic) bond motifs is 1. The zero-order valence-corrected chi connectivity index (χ0v) is 23.6. The van der Waals surface area contributed by atoms with Crippen LogP contribution in [0.2, 0.25) is 0 Å². The van der Waals surface area contributed by atoms with Crippen LogP contribution in [0.3, 0.4) is 0 Å². The highest BCUT2D eigenvalue weighted by Gasteiger charge is 2.76. The van der Waals surface area contributed by atoms with Gasteiger partial charge in [0.05, 0.1) is 6.07 Å². The number of alkyl halides is 3. The number of carbonyl (C=O) groups is 4. The minimum absolute atomic E-state index is 0.00402. The van der Waals surface area contributed by atoms with Crippen molar-refractivity contribution in [2.75, 3.05) is 13.2 Å². The second-order valence-electron chi connectivity index (χ2n) is 14.4. The van der Waals surface area contributed by atoms with E-state index >= 15 is 0 Å². The summed E-state index contributed by atoms with van der Waals surface area (Å²) in [5.74, 6) is -6.53. The predicted molar refractivity (Wildman–Crippen MR) is 136 cm³/mol. The van der Waals surface area contributed by atoms with E-state index < -0.39 is 65.7 Å². The molecule has 2 saturated heterocycles. The van der Waals surface area contributed by atoms with Crippen molar-refractivity contribution in [3.63, 3.8) is 0 Å². The van der Waals surface area contributed by atoms with Gasteiger partial charge in [-0.2, -0.15) is 5.26 Å². The average molecular weight is 566 g/mol. The Morgan fingerprint density at radius 2 is 1.82 bits per heavy atom. The van der Waals surface area contributed by atoms with Crippen LogP contribution >= 0.6 is 0 Å². The average Bonchev–Trinajstić information content (AvgIpc) is 3.72. The lowest BCUT2D eigenvalue weighted by Gasteiger charge is -2.38. The molecule has 3 aliphatic carbocycles. The van der Waals surface area contributed by atoms with Crippen LogP contribution in [-0.4, -0.2) is 71.3 Å². The molecule has 1 spiro atoms. The number of nitriles is 1. The highest BCUT2D eigenvalue weighted by molar-refractivity contribution is 5.96. The Kier molecular flexibility index (Phi) is 6.33. The zero-order valence-electron chi connectivity index (χ0n) is 23.6. The summed E-state index contributed by atoms with van der Waals surface area (Å²) in [6.07, 6.45) is 1.68. The maximum Gasteiger partial charge on any atom is 0.266 e. The first kappa shape index (κ1) is 28.7. The van der Waals surface area contributed by atoms with E-state index in [0.717, 1.165) is 12.8 Å². The van der Waals surface area contributed by atoms with E-state index in [1.165, 1.54) is 4.90 Å². The fourth-order valence-electron chi connectivity index (χ4n) is 7.02. The molecule has 2 aliphatic heterocycles. The van der Waals surface area contributed by atoms with Gasteiger partial charge in [0.2, 0.25) is 23.6 Å². The van der Waals surface area contributed by atoms with Gasteiger partial charge in [-0.05, 0) is 48.3 Å². The Morgan fingerprint density at radius 1 is 1.20 bits per heavy atom. The highest BCUT2D eigenvalue weighted by Crippen LogP contribution is 2.65. The van der Waals surface area contributed by atoms with Gasteiger partial charge in [-0.1, -0.05) is 34.6 Å². The minimum Gasteiger partial charge on any atom is -0.350 e. The second-order valence-corrected chi connectivity index (χ2v) is 14.4. The molecular formula is C28H38F3N5O4. The predicted octanol–water partition coefficient (Wildman–Crippen LogP) is 2.06. The molecule has 3 saturated carbocycles. The number of halogens is 3. The Labute approximate surface area is 232 Å². The van der Waals surface area contributed by atoms with Crippen LogP contribution in [0.4, 0.5) is 13.2 Å². The topological polar surface area (TPSA) is 131 Å². The van der Waals surface area contributed by atoms with E-state index in [9.17, 15) is 37.6 Å². The normalized spacial score (nSPS) is 35.2. The van der Waals surface area contributed by atoms with Crippen LogP contribution < -0.4 is 16.0 Å². The maximum absolute atomic E-state index is 13.9. The Morgan fingerprint density at radius 3 is 2.30 bits per heavy atom. The smallest absolute Gasteiger partial charge is 0.266 e. The summed E-state index contributed by atoms with van der Waals surface area (Å²) in [4.78, 5) is 54.2. The fraction of sp³-hybridized carbons (Fsp3) is 0.821. The maximum atomic E-state index is 13.9. The van der Waals surface area contributed by atoms with Gasteiger partial charge in [0.25, 0.3) is 5.92 Å². The Balaban J connectivity index is 1.32. The molecule has 5 aliphatic rings. The third-order valence-corrected chi connectivity index (χ3v) is 10.2. The summed E-state index contributed by atoms with van der Waals surface area (Å²) < 4.78 is 41.4. The van der Waals surface area contributed by atoms with Crippen LogP contribution in [0.5, 0.6) is 0 Å². The van der Waals surface area contributed by atoms with E-state index in [-0.39, 0.29) is 47.6 Å². The summed E-state index contributed by atoms with van der Waals surface area (Å²) in [7, 11) is 0. The van der Waals surface area contributed by atoms with Crippen LogP contribution in [0.1, 0.15) is 66.7 Å². The zero-order chi connectivity index (χ0) is 29.6. The van der Waals surface area contributed by atoms with E-state index in [2.05, 4.69) is 22.0 Å². The van der Waals surface area contributed by atoms with Gasteiger partial charge in [-0.3, -0.25) is 19.2 Å². The lowest BCUT2D eigenvalue weighted by Crippen LogP contribution is -2.60. The standard InChI is InChI=1S/C28H38F3N5O4/c1-24(2,3)19(34-23(40)27(13-29)12-28(27,30)31)22(39)36-11-16-17(25(16,4)5)18(36)21(38)33-15(10-32)8-14-9-26(6-7-26)35-20(14)37/h14-19H,6-9,11-13H2,1-5H3,(H,33,38)(H,34,40)(H,35,37)/t14-,15+,16?,17?,18?,19-,27?/m1/s1. The van der Waals surface area contributed by atoms with Crippen molar-refractivity contribution in [2.24, 2.45) is 34.0 Å². The number of likely N-dealkylation sites (tertiary alicyclic amines) is 1. The molecule has 0 bridgehead atoms. The molecule has 40 heavy (non-hydrogen) atoms. The van der Waals surface area contributed by atoms with Gasteiger partial charge in [-0.25, -0.2) is 13.2 Å². The number of amides is 4. The molecule has 0 radical (unpaired) electrons. The molecular weight excluding hydrogens is 527 g/mol. The van der Waals surface area contributed by atoms with Crippen molar-refractivity contribution in [3.8, 4) is 6.07 Å². The molecule has 220 valence electrons. The van der Waals surface area contributed by atoms with Crippen molar-refractivity contribution in [1.82, 2.24) is 20.9 Å². The number of rotatable bonds is 8. The summed E-state index contributed by atoms with van der Waals surface area (Å²) in [6, 6.07) is -1.07. The first-order chi connectivity index (χ1) is 18.4. The van der Waals surface area contributed by atoms with Crippen LogP contribution in [0.15, 0.2) is 0 Å². The monoisotopic (exact) mass is 565 g/mol. The van der Waals surface area contributed by atoms with Gasteiger partial charge in [-0.15, -0.1) is 0 Å². The highest BCUT2D eigenvalue weighted by atomic mass is 19.3. The first-order valence-corrected chi connectivity index (χ1v) is 14.0. The molecule has 0 aromatic carbocycles. The Hall–Kier alpha value is -2.84. The fourth-order valence-corrected chi connectivity index (χ4v) is 7.02. The Bertz CT molecular complexity index is 1190. The van der Waals surface area contributed by atoms with Gasteiger partial charge in [0.1, 0.15) is 30.2 Å². The van der Waals surface area contributed by atoms with Gasteiger partial charge in [0.15, 0.2) is 0 Å². The third-order valence-electron chi connectivity index (χ3n) is 10.2. The van der Waals surface area contributed by atoms with Crippen molar-refractivity contribution in [1.29, 1.82) is 5.26 Å². The second kappa shape index (κ2) is 8.83. The number of carbonyl (C=O) groups excluding carboxylic acids is 4. The summed E-state index contributed by atoms with van der Waals surface area (Å²) in [6.45, 7) is 7.64. The molecule has 9 nitrogen and oxygen atoms in total. The third kappa shape index (κ3) is 4.44. The van der Waals surface area contributed by atoms with E-state index in [4.69, 9.17) is 0 Å². The van der Waals surface area contributed by atoms with Gasteiger partial charge in [0, 0.05) is 24.4 Å². The van der Waals surface area contributed by atoms with Crippen molar-refractivity contribution < 1.29 is 32.3 Å². The molecule has 12 heteroatoms. The molecule has 7 atom stereocenters. The summed E-state index contributed by atoms with van der Waals surface area (Å²) >= 11 is 0. The number of nitrogens with one attached hydrogen (secondary N) is 3. The van der Waals surface area contributed by atoms with Crippen molar-refractivity contribution >= 4 is 23.6 Å². The van der Waals surface area contributed by atoms with Gasteiger partial charge >= 0.3 is 0 Å². The number of piperidine rings is 1. The van der Waals surface area contributed by atoms with Gasteiger partial charge < -0.3 is 20.9 Å². The van der Waals surface area contributed by atoms with Crippen LogP contribution in [0, 0.1) is 45.3 Å². The van der Waals surface area contributed by atoms with Crippen molar-refractivity contribution in [2.45, 2.75) is 96.3 Å². The molecule has 5 fully saturated rings.